The molecule has 0 unspecified atom stereocenters. The Labute approximate surface area is 108 Å². The van der Waals surface area contributed by atoms with Crippen molar-refractivity contribution in [1.82, 2.24) is 9.97 Å². The predicted octanol–water partition coefficient (Wildman–Crippen LogP) is 2.35. The quantitative estimate of drug-likeness (QED) is 0.863. The topological polar surface area (TPSA) is 73.1 Å². The molecule has 8 heteroatoms. The number of hydrogen-bond acceptors (Lipinski definition) is 5. The highest BCUT2D eigenvalue weighted by Gasteiger charge is 2.64. The van der Waals surface area contributed by atoms with E-state index in [2.05, 4.69) is 15.3 Å². The highest BCUT2D eigenvalue weighted by atomic mass is 19.4. The molecular weight excluding hydrogens is 261 g/mol. The first kappa shape index (κ1) is 13.7. The molecule has 1 fully saturated rings. The van der Waals surface area contributed by atoms with Crippen LogP contribution in [0.15, 0.2) is 6.33 Å². The summed E-state index contributed by atoms with van der Waals surface area (Å²) in [5.74, 6) is 0.0771. The van der Waals surface area contributed by atoms with Crippen LogP contribution >= 0.6 is 0 Å². The molecule has 0 bridgehead atoms. The Kier molecular flexibility index (Phi) is 3.42. The van der Waals surface area contributed by atoms with Crippen LogP contribution in [0.5, 0.6) is 5.88 Å². The fourth-order valence-electron chi connectivity index (χ4n) is 1.62. The lowest BCUT2D eigenvalue weighted by Crippen LogP contribution is -2.39. The van der Waals surface area contributed by atoms with Gasteiger partial charge >= 0.3 is 6.18 Å². The molecule has 1 aromatic heterocycles. The first-order valence-electron chi connectivity index (χ1n) is 5.98. The first-order valence-corrected chi connectivity index (χ1v) is 5.98. The summed E-state index contributed by atoms with van der Waals surface area (Å²) in [6.07, 6.45) is -2.40. The van der Waals surface area contributed by atoms with Gasteiger partial charge in [0.05, 0.1) is 6.61 Å². The van der Waals surface area contributed by atoms with Crippen molar-refractivity contribution in [3.63, 3.8) is 0 Å². The van der Waals surface area contributed by atoms with E-state index in [1.807, 2.05) is 6.92 Å². The second-order valence-electron chi connectivity index (χ2n) is 4.49. The van der Waals surface area contributed by atoms with Crippen molar-refractivity contribution in [2.24, 2.45) is 0 Å². The fourth-order valence-corrected chi connectivity index (χ4v) is 1.62. The Balaban J connectivity index is 2.17. The number of alkyl halides is 3. The summed E-state index contributed by atoms with van der Waals surface area (Å²) in [4.78, 5) is 7.57. The molecule has 3 N–H and O–H groups in total. The minimum absolute atomic E-state index is 0.00600. The van der Waals surface area contributed by atoms with E-state index in [1.54, 1.807) is 0 Å². The molecule has 1 aliphatic carbocycles. The zero-order chi connectivity index (χ0) is 14.1. The summed E-state index contributed by atoms with van der Waals surface area (Å²) in [7, 11) is 0. The molecule has 0 atom stereocenters. The second kappa shape index (κ2) is 4.75. The smallest absolute Gasteiger partial charge is 0.411 e. The van der Waals surface area contributed by atoms with Crippen LogP contribution in [0.25, 0.3) is 0 Å². The van der Waals surface area contributed by atoms with Crippen LogP contribution in [0, 0.1) is 0 Å². The zero-order valence-corrected chi connectivity index (χ0v) is 10.4. The van der Waals surface area contributed by atoms with Gasteiger partial charge in [-0.3, -0.25) is 0 Å². The van der Waals surface area contributed by atoms with Gasteiger partial charge < -0.3 is 15.8 Å². The van der Waals surface area contributed by atoms with Crippen LogP contribution in [0.1, 0.15) is 26.2 Å². The van der Waals surface area contributed by atoms with Gasteiger partial charge in [0, 0.05) is 0 Å². The van der Waals surface area contributed by atoms with Crippen LogP contribution in [0.2, 0.25) is 0 Å². The number of nitrogens with one attached hydrogen (secondary N) is 1. The lowest BCUT2D eigenvalue weighted by Gasteiger charge is -2.22. The van der Waals surface area contributed by atoms with E-state index in [9.17, 15) is 13.2 Å². The summed E-state index contributed by atoms with van der Waals surface area (Å²) >= 11 is 0. The summed E-state index contributed by atoms with van der Waals surface area (Å²) in [5, 5.41) is 2.37. The number of anilines is 2. The van der Waals surface area contributed by atoms with E-state index in [4.69, 9.17) is 10.5 Å². The maximum absolute atomic E-state index is 12.8. The van der Waals surface area contributed by atoms with E-state index >= 15 is 0 Å². The number of halogens is 3. The average molecular weight is 276 g/mol. The van der Waals surface area contributed by atoms with Crippen LogP contribution in [0.3, 0.4) is 0 Å². The summed E-state index contributed by atoms with van der Waals surface area (Å²) in [6, 6.07) is 0. The van der Waals surface area contributed by atoms with Crippen LogP contribution < -0.4 is 15.8 Å². The summed E-state index contributed by atoms with van der Waals surface area (Å²) in [6.45, 7) is 2.30. The van der Waals surface area contributed by atoms with Crippen LogP contribution in [-0.4, -0.2) is 28.3 Å². The molecule has 106 valence electrons. The van der Waals surface area contributed by atoms with E-state index in [1.165, 1.54) is 0 Å². The van der Waals surface area contributed by atoms with Gasteiger partial charge in [-0.05, 0) is 19.3 Å². The SMILES string of the molecule is CCCOc1ncnc(NC2(C(F)(F)F)CC2)c1N. The predicted molar refractivity (Wildman–Crippen MR) is 63.9 cm³/mol. The maximum Gasteiger partial charge on any atom is 0.411 e. The van der Waals surface area contributed by atoms with Crippen molar-refractivity contribution in [2.75, 3.05) is 17.7 Å². The minimum Gasteiger partial charge on any atom is -0.476 e. The molecule has 1 aromatic rings. The molecule has 0 spiro atoms. The second-order valence-corrected chi connectivity index (χ2v) is 4.49. The van der Waals surface area contributed by atoms with Crippen LogP contribution in [0.4, 0.5) is 24.7 Å². The van der Waals surface area contributed by atoms with Gasteiger partial charge in [0.2, 0.25) is 5.88 Å². The number of ether oxygens (including phenoxy) is 1. The number of nitrogens with two attached hydrogens (primary N) is 1. The van der Waals surface area contributed by atoms with Crippen LogP contribution in [-0.2, 0) is 0 Å². The number of nitrogen functional groups attached to an aromatic ring is 1. The van der Waals surface area contributed by atoms with Crippen molar-refractivity contribution in [3.05, 3.63) is 6.33 Å². The van der Waals surface area contributed by atoms with Gasteiger partial charge in [-0.2, -0.15) is 18.2 Å². The number of aromatic nitrogens is 2. The summed E-state index contributed by atoms with van der Waals surface area (Å²) < 4.78 is 43.8. The molecule has 0 aromatic carbocycles. The van der Waals surface area contributed by atoms with Gasteiger partial charge in [0.15, 0.2) is 5.82 Å². The molecule has 0 aliphatic heterocycles. The van der Waals surface area contributed by atoms with Gasteiger partial charge in [-0.1, -0.05) is 6.92 Å². The number of hydrogen-bond donors (Lipinski definition) is 2. The van der Waals surface area contributed by atoms with E-state index in [-0.39, 0.29) is 30.2 Å². The lowest BCUT2D eigenvalue weighted by atomic mass is 10.2. The third-order valence-corrected chi connectivity index (χ3v) is 2.94. The highest BCUT2D eigenvalue weighted by molar-refractivity contribution is 5.68. The Morgan fingerprint density at radius 1 is 1.42 bits per heavy atom. The van der Waals surface area contributed by atoms with Crippen molar-refractivity contribution in [3.8, 4) is 5.88 Å². The van der Waals surface area contributed by atoms with E-state index in [0.29, 0.717) is 6.61 Å². The van der Waals surface area contributed by atoms with Gasteiger partial charge in [0.25, 0.3) is 0 Å². The monoisotopic (exact) mass is 276 g/mol. The Morgan fingerprint density at radius 3 is 2.63 bits per heavy atom. The maximum atomic E-state index is 12.8. The molecule has 0 saturated heterocycles. The molecule has 1 saturated carbocycles. The van der Waals surface area contributed by atoms with Gasteiger partial charge in [0.1, 0.15) is 17.6 Å². The third kappa shape index (κ3) is 2.66. The highest BCUT2D eigenvalue weighted by Crippen LogP contribution is 2.51. The van der Waals surface area contributed by atoms with E-state index in [0.717, 1.165) is 12.7 Å². The first-order chi connectivity index (χ1) is 8.89. The van der Waals surface area contributed by atoms with Crippen molar-refractivity contribution >= 4 is 11.5 Å². The summed E-state index contributed by atoms with van der Waals surface area (Å²) in [5.41, 5.74) is 3.82. The van der Waals surface area contributed by atoms with Crippen molar-refractivity contribution < 1.29 is 17.9 Å². The average Bonchev–Trinajstić information content (AvgIpc) is 3.11. The van der Waals surface area contributed by atoms with Gasteiger partial charge in [-0.15, -0.1) is 0 Å². The fraction of sp³-hybridized carbons (Fsp3) is 0.636. The Morgan fingerprint density at radius 2 is 2.11 bits per heavy atom. The third-order valence-electron chi connectivity index (χ3n) is 2.94. The molecular formula is C11H15F3N4O. The molecule has 1 heterocycles. The molecule has 5 nitrogen and oxygen atoms in total. The Bertz CT molecular complexity index is 460. The standard InChI is InChI=1S/C11H15F3N4O/c1-2-5-19-9-7(15)8(16-6-17-9)18-10(3-4-10)11(12,13)14/h6H,2-5,15H2,1H3,(H,16,17,18). The molecule has 1 aliphatic rings. The number of nitrogens with zero attached hydrogens (tertiary/aromatic N) is 2. The molecule has 19 heavy (non-hydrogen) atoms. The lowest BCUT2D eigenvalue weighted by molar-refractivity contribution is -0.151. The van der Waals surface area contributed by atoms with E-state index < -0.39 is 11.7 Å². The van der Waals surface area contributed by atoms with Gasteiger partial charge in [-0.25, -0.2) is 4.98 Å². The Hall–Kier alpha value is -1.73. The largest absolute Gasteiger partial charge is 0.476 e. The minimum atomic E-state index is -4.32. The molecule has 0 radical (unpaired) electrons. The van der Waals surface area contributed by atoms with Crippen molar-refractivity contribution in [1.29, 1.82) is 0 Å². The van der Waals surface area contributed by atoms with Crippen molar-refractivity contribution in [2.45, 2.75) is 37.9 Å². The molecule has 0 amide bonds. The molecule has 2 rings (SSSR count). The zero-order valence-electron chi connectivity index (χ0n) is 10.4. The normalized spacial score (nSPS) is 17.1. The number of rotatable bonds is 5.